The van der Waals surface area contributed by atoms with Crippen LogP contribution in [0.5, 0.6) is 0 Å². The van der Waals surface area contributed by atoms with Gasteiger partial charge in [0.05, 0.1) is 12.7 Å². The van der Waals surface area contributed by atoms with Crippen molar-refractivity contribution >= 4 is 5.91 Å². The van der Waals surface area contributed by atoms with E-state index in [4.69, 9.17) is 4.74 Å². The monoisotopic (exact) mass is 315 g/mol. The van der Waals surface area contributed by atoms with E-state index in [0.29, 0.717) is 13.2 Å². The van der Waals surface area contributed by atoms with Crippen molar-refractivity contribution in [3.63, 3.8) is 0 Å². The first kappa shape index (κ1) is 15.2. The number of aromatic nitrogens is 2. The predicted molar refractivity (Wildman–Crippen MR) is 83.4 cm³/mol. The number of fused-ring (bicyclic) bond motifs is 1. The van der Waals surface area contributed by atoms with Crippen molar-refractivity contribution in [2.75, 3.05) is 13.6 Å². The van der Waals surface area contributed by atoms with Gasteiger partial charge in [-0.25, -0.2) is 4.79 Å². The quantitative estimate of drug-likeness (QED) is 0.850. The summed E-state index contributed by atoms with van der Waals surface area (Å²) in [5, 5.41) is 0. The molecule has 1 atom stereocenters. The molecule has 120 valence electrons. The molecule has 0 saturated heterocycles. The molecule has 2 aromatic rings. The third kappa shape index (κ3) is 3.40. The van der Waals surface area contributed by atoms with Gasteiger partial charge in [0.25, 0.3) is 11.5 Å². The first-order valence-electron chi connectivity index (χ1n) is 7.30. The summed E-state index contributed by atoms with van der Waals surface area (Å²) in [4.78, 5) is 40.7. The lowest BCUT2D eigenvalue weighted by atomic mass is 9.99. The highest BCUT2D eigenvalue weighted by atomic mass is 16.5. The number of H-pyrrole nitrogens is 2. The maximum atomic E-state index is 12.3. The Kier molecular flexibility index (Phi) is 4.12. The number of hydrogen-bond donors (Lipinski definition) is 2. The molecule has 7 nitrogen and oxygen atoms in total. The number of nitrogens with one attached hydrogen (secondary N) is 2. The van der Waals surface area contributed by atoms with Crippen molar-refractivity contribution in [3.8, 4) is 0 Å². The Balaban J connectivity index is 1.70. The fourth-order valence-electron chi connectivity index (χ4n) is 2.70. The van der Waals surface area contributed by atoms with Gasteiger partial charge in [-0.1, -0.05) is 24.3 Å². The van der Waals surface area contributed by atoms with Crippen LogP contribution in [-0.2, 0) is 17.8 Å². The smallest absolute Gasteiger partial charge is 0.326 e. The van der Waals surface area contributed by atoms with Crippen molar-refractivity contribution in [3.05, 3.63) is 68.0 Å². The largest absolute Gasteiger partial charge is 0.371 e. The molecule has 1 amide bonds. The molecule has 0 aliphatic carbocycles. The Bertz CT molecular complexity index is 811. The van der Waals surface area contributed by atoms with E-state index in [1.807, 2.05) is 23.2 Å². The molecule has 2 heterocycles. The van der Waals surface area contributed by atoms with E-state index in [1.54, 1.807) is 7.05 Å². The number of carbonyl (C=O) groups is 1. The number of rotatable bonds is 3. The molecule has 1 unspecified atom stereocenters. The zero-order valence-electron chi connectivity index (χ0n) is 12.7. The molecule has 1 aromatic carbocycles. The van der Waals surface area contributed by atoms with Gasteiger partial charge in [-0.2, -0.15) is 0 Å². The summed E-state index contributed by atoms with van der Waals surface area (Å²) >= 11 is 0. The molecule has 23 heavy (non-hydrogen) atoms. The fourth-order valence-corrected chi connectivity index (χ4v) is 2.70. The molecule has 0 radical (unpaired) electrons. The Morgan fingerprint density at radius 3 is 2.74 bits per heavy atom. The van der Waals surface area contributed by atoms with Crippen LogP contribution >= 0.6 is 0 Å². The van der Waals surface area contributed by atoms with Crippen molar-refractivity contribution in [2.45, 2.75) is 19.1 Å². The molecule has 0 fully saturated rings. The minimum atomic E-state index is -0.697. The molecule has 7 heteroatoms. The Labute approximate surface area is 131 Å². The van der Waals surface area contributed by atoms with Crippen molar-refractivity contribution in [2.24, 2.45) is 0 Å². The van der Waals surface area contributed by atoms with Gasteiger partial charge in [-0.15, -0.1) is 0 Å². The van der Waals surface area contributed by atoms with Crippen LogP contribution in [0.15, 0.2) is 39.9 Å². The minimum absolute atomic E-state index is 0.0301. The van der Waals surface area contributed by atoms with Gasteiger partial charge in [0, 0.05) is 26.1 Å². The lowest BCUT2D eigenvalue weighted by molar-refractivity contribution is 0.00971. The first-order chi connectivity index (χ1) is 11.0. The van der Waals surface area contributed by atoms with Crippen molar-refractivity contribution in [1.82, 2.24) is 14.9 Å². The van der Waals surface area contributed by atoms with Crippen molar-refractivity contribution < 1.29 is 9.53 Å². The zero-order valence-corrected chi connectivity index (χ0v) is 12.7. The highest BCUT2D eigenvalue weighted by Crippen LogP contribution is 2.20. The number of nitrogens with zero attached hydrogens (tertiary/aromatic N) is 1. The average Bonchev–Trinajstić information content (AvgIpc) is 2.53. The number of ether oxygens (including phenoxy) is 1. The number of likely N-dealkylation sites (N-methyl/N-ethyl adjacent to an activating group) is 1. The van der Waals surface area contributed by atoms with Crippen LogP contribution in [0.25, 0.3) is 0 Å². The molecule has 1 aliphatic rings. The van der Waals surface area contributed by atoms with E-state index >= 15 is 0 Å². The third-order valence-electron chi connectivity index (χ3n) is 3.86. The summed E-state index contributed by atoms with van der Waals surface area (Å²) in [7, 11) is 1.62. The molecular weight excluding hydrogens is 298 g/mol. The lowest BCUT2D eigenvalue weighted by Gasteiger charge is -2.29. The van der Waals surface area contributed by atoms with Gasteiger partial charge in [-0.05, 0) is 11.1 Å². The number of hydrogen-bond acceptors (Lipinski definition) is 4. The Morgan fingerprint density at radius 1 is 1.26 bits per heavy atom. The highest BCUT2D eigenvalue weighted by molar-refractivity contribution is 5.91. The van der Waals surface area contributed by atoms with Gasteiger partial charge in [0.2, 0.25) is 0 Å². The van der Waals surface area contributed by atoms with Gasteiger partial charge >= 0.3 is 5.69 Å². The minimum Gasteiger partial charge on any atom is -0.371 e. The van der Waals surface area contributed by atoms with Crippen LogP contribution in [0.1, 0.15) is 21.6 Å². The van der Waals surface area contributed by atoms with Crippen LogP contribution in [0.4, 0.5) is 0 Å². The maximum absolute atomic E-state index is 12.3. The molecule has 0 saturated carbocycles. The first-order valence-corrected chi connectivity index (χ1v) is 7.30. The zero-order chi connectivity index (χ0) is 16.4. The summed E-state index contributed by atoms with van der Waals surface area (Å²) in [6, 6.07) is 9.12. The van der Waals surface area contributed by atoms with E-state index in [9.17, 15) is 14.4 Å². The molecule has 3 rings (SSSR count). The topological polar surface area (TPSA) is 95.3 Å². The third-order valence-corrected chi connectivity index (χ3v) is 3.86. The summed E-state index contributed by atoms with van der Waals surface area (Å²) in [5.74, 6) is -0.421. The molecule has 0 spiro atoms. The lowest BCUT2D eigenvalue weighted by Crippen LogP contribution is -2.39. The maximum Gasteiger partial charge on any atom is 0.326 e. The van der Waals surface area contributed by atoms with Crippen LogP contribution in [0, 0.1) is 0 Å². The van der Waals surface area contributed by atoms with Gasteiger partial charge in [-0.3, -0.25) is 14.6 Å². The molecule has 1 aromatic heterocycles. The molecule has 1 aliphatic heterocycles. The standard InChI is InChI=1S/C16H17N3O4/c1-19(15(21)13-7-14(20)18-16(22)17-13)8-12-6-10-4-2-3-5-11(10)9-23-12/h2-5,7,12H,6,8-9H2,1H3,(H2,17,18,20,22). The van der Waals surface area contributed by atoms with E-state index in [-0.39, 0.29) is 11.8 Å². The number of benzene rings is 1. The summed E-state index contributed by atoms with van der Waals surface area (Å²) in [5.41, 5.74) is 1.05. The Hall–Kier alpha value is -2.67. The highest BCUT2D eigenvalue weighted by Gasteiger charge is 2.23. The van der Waals surface area contributed by atoms with E-state index in [2.05, 4.69) is 11.1 Å². The van der Waals surface area contributed by atoms with E-state index in [1.165, 1.54) is 10.5 Å². The van der Waals surface area contributed by atoms with Crippen LogP contribution in [0.3, 0.4) is 0 Å². The van der Waals surface area contributed by atoms with Gasteiger partial charge in [0.15, 0.2) is 0 Å². The van der Waals surface area contributed by atoms with Crippen LogP contribution in [-0.4, -0.2) is 40.5 Å². The van der Waals surface area contributed by atoms with E-state index < -0.39 is 17.2 Å². The number of aromatic amines is 2. The van der Waals surface area contributed by atoms with Crippen molar-refractivity contribution in [1.29, 1.82) is 0 Å². The molecular formula is C16H17N3O4. The van der Waals surface area contributed by atoms with Gasteiger partial charge in [0.1, 0.15) is 5.69 Å². The second kappa shape index (κ2) is 6.21. The second-order valence-electron chi connectivity index (χ2n) is 5.59. The molecule has 0 bridgehead atoms. The summed E-state index contributed by atoms with van der Waals surface area (Å²) < 4.78 is 5.77. The second-order valence-corrected chi connectivity index (χ2v) is 5.59. The number of amides is 1. The summed E-state index contributed by atoms with van der Waals surface area (Å²) in [6.07, 6.45) is 0.604. The molecule has 2 N–H and O–H groups in total. The SMILES string of the molecule is CN(CC1Cc2ccccc2CO1)C(=O)c1cc(=O)[nH]c(=O)[nH]1. The van der Waals surface area contributed by atoms with Gasteiger partial charge < -0.3 is 14.6 Å². The number of carbonyl (C=O) groups excluding carboxylic acids is 1. The van der Waals surface area contributed by atoms with Crippen LogP contribution in [0.2, 0.25) is 0 Å². The van der Waals surface area contributed by atoms with Crippen LogP contribution < -0.4 is 11.2 Å². The summed E-state index contributed by atoms with van der Waals surface area (Å²) in [6.45, 7) is 0.896. The normalized spacial score (nSPS) is 16.7. The average molecular weight is 315 g/mol. The predicted octanol–water partition coefficient (Wildman–Crippen LogP) is 0.277. The Morgan fingerprint density at radius 2 is 2.00 bits per heavy atom. The fraction of sp³-hybridized carbons (Fsp3) is 0.312. The van der Waals surface area contributed by atoms with E-state index in [0.717, 1.165) is 18.1 Å².